The van der Waals surface area contributed by atoms with E-state index in [2.05, 4.69) is 40.2 Å². The van der Waals surface area contributed by atoms with Crippen molar-refractivity contribution in [1.29, 1.82) is 0 Å². The molecule has 0 fully saturated rings. The van der Waals surface area contributed by atoms with E-state index in [4.69, 9.17) is 0 Å². The molecule has 0 amide bonds. The monoisotopic (exact) mass is 303 g/mol. The first kappa shape index (κ1) is 13.9. The molecule has 2 nitrogen and oxygen atoms in total. The Labute approximate surface area is 110 Å². The first-order valence-corrected chi connectivity index (χ1v) is 7.42. The molecule has 1 aromatic carbocycles. The number of benzene rings is 1. The van der Waals surface area contributed by atoms with Gasteiger partial charge in [0.25, 0.3) is 0 Å². The zero-order valence-electron chi connectivity index (χ0n) is 9.90. The van der Waals surface area contributed by atoms with Crippen LogP contribution in [0.15, 0.2) is 22.7 Å². The molecule has 0 heterocycles. The molecule has 90 valence electrons. The average Bonchev–Trinajstić information content (AvgIpc) is 2.25. The lowest BCUT2D eigenvalue weighted by atomic mass is 10.1. The Morgan fingerprint density at radius 1 is 1.50 bits per heavy atom. The SMILES string of the molecule is CSCCN(C)c1ccc(C(C)O)c(Br)c1. The van der Waals surface area contributed by atoms with Crippen LogP contribution in [0.1, 0.15) is 18.6 Å². The fraction of sp³-hybridized carbons (Fsp3) is 0.500. The Bertz CT molecular complexity index is 344. The zero-order valence-corrected chi connectivity index (χ0v) is 12.3. The molecular weight excluding hydrogens is 286 g/mol. The summed E-state index contributed by atoms with van der Waals surface area (Å²) in [5.41, 5.74) is 2.10. The number of aliphatic hydroxyl groups excluding tert-OH is 1. The molecule has 1 rings (SSSR count). The highest BCUT2D eigenvalue weighted by molar-refractivity contribution is 9.10. The van der Waals surface area contributed by atoms with Crippen molar-refractivity contribution >= 4 is 33.4 Å². The smallest absolute Gasteiger partial charge is 0.0772 e. The number of halogens is 1. The molecule has 1 aromatic rings. The molecule has 0 aromatic heterocycles. The van der Waals surface area contributed by atoms with Gasteiger partial charge in [-0.2, -0.15) is 11.8 Å². The Morgan fingerprint density at radius 2 is 2.19 bits per heavy atom. The third-order valence-electron chi connectivity index (χ3n) is 2.51. The van der Waals surface area contributed by atoms with E-state index in [0.29, 0.717) is 0 Å². The van der Waals surface area contributed by atoms with Crippen LogP contribution in [0.4, 0.5) is 5.69 Å². The summed E-state index contributed by atoms with van der Waals surface area (Å²) < 4.78 is 0.969. The van der Waals surface area contributed by atoms with Gasteiger partial charge in [-0.1, -0.05) is 22.0 Å². The van der Waals surface area contributed by atoms with Gasteiger partial charge in [0, 0.05) is 29.5 Å². The third kappa shape index (κ3) is 3.68. The van der Waals surface area contributed by atoms with E-state index in [1.54, 1.807) is 6.92 Å². The highest BCUT2D eigenvalue weighted by Gasteiger charge is 2.08. The van der Waals surface area contributed by atoms with Gasteiger partial charge in [-0.05, 0) is 30.9 Å². The van der Waals surface area contributed by atoms with Gasteiger partial charge in [-0.15, -0.1) is 0 Å². The zero-order chi connectivity index (χ0) is 12.1. The standard InChI is InChI=1S/C12H18BrNOS/c1-9(15)11-5-4-10(8-12(11)13)14(2)6-7-16-3/h4-5,8-9,15H,6-7H2,1-3H3. The van der Waals surface area contributed by atoms with Crippen molar-refractivity contribution in [2.45, 2.75) is 13.0 Å². The first-order chi connectivity index (χ1) is 7.56. The summed E-state index contributed by atoms with van der Waals surface area (Å²) in [5.74, 6) is 1.12. The van der Waals surface area contributed by atoms with Crippen molar-refractivity contribution in [1.82, 2.24) is 0 Å². The second-order valence-electron chi connectivity index (χ2n) is 3.80. The van der Waals surface area contributed by atoms with E-state index in [0.717, 1.165) is 22.3 Å². The largest absolute Gasteiger partial charge is 0.389 e. The summed E-state index contributed by atoms with van der Waals surface area (Å²) in [6, 6.07) is 6.08. The van der Waals surface area contributed by atoms with Gasteiger partial charge in [-0.25, -0.2) is 0 Å². The molecule has 0 radical (unpaired) electrons. The fourth-order valence-corrected chi connectivity index (χ4v) is 2.60. The molecule has 0 bridgehead atoms. The lowest BCUT2D eigenvalue weighted by Crippen LogP contribution is -2.20. The van der Waals surface area contributed by atoms with E-state index in [1.165, 1.54) is 5.69 Å². The molecule has 16 heavy (non-hydrogen) atoms. The molecule has 0 saturated heterocycles. The number of nitrogens with zero attached hydrogens (tertiary/aromatic N) is 1. The summed E-state index contributed by atoms with van der Waals surface area (Å²) in [4.78, 5) is 2.22. The quantitative estimate of drug-likeness (QED) is 0.903. The van der Waals surface area contributed by atoms with Crippen molar-refractivity contribution in [3.63, 3.8) is 0 Å². The predicted molar refractivity (Wildman–Crippen MR) is 76.4 cm³/mol. The molecule has 0 aliphatic rings. The molecule has 0 saturated carbocycles. The van der Waals surface area contributed by atoms with Gasteiger partial charge in [0.2, 0.25) is 0 Å². The maximum absolute atomic E-state index is 9.53. The number of hydrogen-bond donors (Lipinski definition) is 1. The van der Waals surface area contributed by atoms with Crippen LogP contribution in [-0.2, 0) is 0 Å². The van der Waals surface area contributed by atoms with Crippen LogP contribution in [0.25, 0.3) is 0 Å². The van der Waals surface area contributed by atoms with E-state index < -0.39 is 6.10 Å². The maximum atomic E-state index is 9.53. The number of thioether (sulfide) groups is 1. The Kier molecular flexibility index (Phi) is 5.66. The van der Waals surface area contributed by atoms with Crippen molar-refractivity contribution < 1.29 is 5.11 Å². The normalized spacial score (nSPS) is 12.6. The minimum atomic E-state index is -0.431. The minimum Gasteiger partial charge on any atom is -0.389 e. The van der Waals surface area contributed by atoms with Crippen LogP contribution in [-0.4, -0.2) is 30.7 Å². The molecule has 1 unspecified atom stereocenters. The average molecular weight is 304 g/mol. The van der Waals surface area contributed by atoms with E-state index in [1.807, 2.05) is 23.9 Å². The van der Waals surface area contributed by atoms with Crippen molar-refractivity contribution in [3.8, 4) is 0 Å². The van der Waals surface area contributed by atoms with Crippen LogP contribution in [0.2, 0.25) is 0 Å². The van der Waals surface area contributed by atoms with Crippen molar-refractivity contribution in [3.05, 3.63) is 28.2 Å². The van der Waals surface area contributed by atoms with Crippen LogP contribution >= 0.6 is 27.7 Å². The molecule has 1 atom stereocenters. The Morgan fingerprint density at radius 3 is 2.69 bits per heavy atom. The second-order valence-corrected chi connectivity index (χ2v) is 5.64. The number of anilines is 1. The van der Waals surface area contributed by atoms with Crippen LogP contribution < -0.4 is 4.90 Å². The van der Waals surface area contributed by atoms with Crippen molar-refractivity contribution in [2.75, 3.05) is 30.5 Å². The summed E-state index contributed by atoms with van der Waals surface area (Å²) in [5, 5.41) is 9.53. The number of rotatable bonds is 5. The highest BCUT2D eigenvalue weighted by atomic mass is 79.9. The third-order valence-corrected chi connectivity index (χ3v) is 3.78. The van der Waals surface area contributed by atoms with E-state index in [9.17, 15) is 5.11 Å². The predicted octanol–water partition coefficient (Wildman–Crippen LogP) is 3.30. The Hall–Kier alpha value is -0.190. The van der Waals surface area contributed by atoms with Crippen molar-refractivity contribution in [2.24, 2.45) is 0 Å². The van der Waals surface area contributed by atoms with Gasteiger partial charge < -0.3 is 10.0 Å². The summed E-state index contributed by atoms with van der Waals surface area (Å²) in [7, 11) is 2.08. The van der Waals surface area contributed by atoms with Crippen LogP contribution in [0.3, 0.4) is 0 Å². The van der Waals surface area contributed by atoms with E-state index >= 15 is 0 Å². The minimum absolute atomic E-state index is 0.431. The fourth-order valence-electron chi connectivity index (χ4n) is 1.45. The molecule has 0 aliphatic carbocycles. The lowest BCUT2D eigenvalue weighted by molar-refractivity contribution is 0.198. The molecular formula is C12H18BrNOS. The highest BCUT2D eigenvalue weighted by Crippen LogP contribution is 2.27. The lowest BCUT2D eigenvalue weighted by Gasteiger charge is -2.20. The van der Waals surface area contributed by atoms with Gasteiger partial charge in [-0.3, -0.25) is 0 Å². The van der Waals surface area contributed by atoms with Gasteiger partial charge >= 0.3 is 0 Å². The summed E-state index contributed by atoms with van der Waals surface area (Å²) in [6.45, 7) is 2.80. The molecule has 0 aliphatic heterocycles. The van der Waals surface area contributed by atoms with E-state index in [-0.39, 0.29) is 0 Å². The molecule has 0 spiro atoms. The summed E-state index contributed by atoms with van der Waals surface area (Å²) in [6.07, 6.45) is 1.68. The topological polar surface area (TPSA) is 23.5 Å². The Balaban J connectivity index is 2.80. The molecule has 4 heteroatoms. The van der Waals surface area contributed by atoms with Crippen LogP contribution in [0.5, 0.6) is 0 Å². The van der Waals surface area contributed by atoms with Crippen LogP contribution in [0, 0.1) is 0 Å². The number of hydrogen-bond acceptors (Lipinski definition) is 3. The summed E-state index contributed by atoms with van der Waals surface area (Å²) >= 11 is 5.34. The number of aliphatic hydroxyl groups is 1. The van der Waals surface area contributed by atoms with Gasteiger partial charge in [0.1, 0.15) is 0 Å². The van der Waals surface area contributed by atoms with Gasteiger partial charge in [0.15, 0.2) is 0 Å². The van der Waals surface area contributed by atoms with Gasteiger partial charge in [0.05, 0.1) is 6.10 Å². The molecule has 1 N–H and O–H groups in total. The maximum Gasteiger partial charge on any atom is 0.0772 e. The second kappa shape index (κ2) is 6.52. The first-order valence-electron chi connectivity index (χ1n) is 5.24.